The molecule has 0 aliphatic rings. The summed E-state index contributed by atoms with van der Waals surface area (Å²) in [6, 6.07) is 5.41. The van der Waals surface area contributed by atoms with Gasteiger partial charge in [-0.1, -0.05) is 12.2 Å². The molecule has 0 atom stereocenters. The first-order valence-electron chi connectivity index (χ1n) is 7.04. The number of nitrogens with one attached hydrogen (secondary N) is 5. The minimum atomic E-state index is 0.0230. The van der Waals surface area contributed by atoms with Crippen LogP contribution in [-0.4, -0.2) is 35.7 Å². The lowest BCUT2D eigenvalue weighted by Crippen LogP contribution is -2.10. The van der Waals surface area contributed by atoms with Crippen molar-refractivity contribution in [2.45, 2.75) is 6.42 Å². The molecule has 0 aliphatic carbocycles. The van der Waals surface area contributed by atoms with Crippen LogP contribution < -0.4 is 5.73 Å². The normalized spacial score (nSPS) is 11.3. The van der Waals surface area contributed by atoms with Crippen LogP contribution in [0.3, 0.4) is 0 Å². The molecule has 7 N–H and O–H groups in total. The SMILES string of the molecule is N=C(N)c1ccc2nc(Cc3nc4[nH]c(=S)[nH]c(=S)c4[nH]3)[nH]c2c1. The molecule has 0 bridgehead atoms. The van der Waals surface area contributed by atoms with Crippen molar-refractivity contribution in [3.8, 4) is 0 Å². The van der Waals surface area contributed by atoms with E-state index < -0.39 is 0 Å². The van der Waals surface area contributed by atoms with Gasteiger partial charge in [0.25, 0.3) is 0 Å². The maximum Gasteiger partial charge on any atom is 0.177 e. The van der Waals surface area contributed by atoms with Gasteiger partial charge in [0.05, 0.1) is 17.5 Å². The summed E-state index contributed by atoms with van der Waals surface area (Å²) in [7, 11) is 0. The largest absolute Gasteiger partial charge is 0.384 e. The minimum Gasteiger partial charge on any atom is -0.384 e. The van der Waals surface area contributed by atoms with Crippen molar-refractivity contribution in [2.75, 3.05) is 0 Å². The van der Waals surface area contributed by atoms with E-state index in [0.29, 0.717) is 38.4 Å². The van der Waals surface area contributed by atoms with Crippen LogP contribution in [0.1, 0.15) is 17.2 Å². The third kappa shape index (κ3) is 2.51. The van der Waals surface area contributed by atoms with Crippen molar-refractivity contribution in [3.05, 3.63) is 44.8 Å². The van der Waals surface area contributed by atoms with Crippen LogP contribution in [0.15, 0.2) is 18.2 Å². The number of nitrogens with two attached hydrogens (primary N) is 1. The highest BCUT2D eigenvalue weighted by molar-refractivity contribution is 7.72. The first-order chi connectivity index (χ1) is 11.5. The van der Waals surface area contributed by atoms with Crippen LogP contribution in [0.5, 0.6) is 0 Å². The predicted molar refractivity (Wildman–Crippen MR) is 96.4 cm³/mol. The van der Waals surface area contributed by atoms with Gasteiger partial charge in [0.1, 0.15) is 27.6 Å². The Bertz CT molecular complexity index is 1210. The van der Waals surface area contributed by atoms with Crippen LogP contribution in [0.2, 0.25) is 0 Å². The van der Waals surface area contributed by atoms with Gasteiger partial charge in [-0.05, 0) is 30.4 Å². The van der Waals surface area contributed by atoms with E-state index in [9.17, 15) is 0 Å². The molecule has 0 amide bonds. The molecule has 8 nitrogen and oxygen atoms in total. The summed E-state index contributed by atoms with van der Waals surface area (Å²) in [5, 5.41) is 7.50. The van der Waals surface area contributed by atoms with Crippen LogP contribution in [0.4, 0.5) is 0 Å². The Balaban J connectivity index is 1.73. The third-order valence-electron chi connectivity index (χ3n) is 3.62. The number of benzene rings is 1. The Morgan fingerprint density at radius 3 is 2.67 bits per heavy atom. The summed E-state index contributed by atoms with van der Waals surface area (Å²) in [6.07, 6.45) is 0.480. The van der Waals surface area contributed by atoms with Gasteiger partial charge < -0.3 is 25.7 Å². The lowest BCUT2D eigenvalue weighted by molar-refractivity contribution is 0.958. The van der Waals surface area contributed by atoms with Crippen molar-refractivity contribution in [3.63, 3.8) is 0 Å². The van der Waals surface area contributed by atoms with E-state index in [-0.39, 0.29) is 5.84 Å². The lowest BCUT2D eigenvalue weighted by atomic mass is 10.2. The van der Waals surface area contributed by atoms with E-state index in [1.165, 1.54) is 0 Å². The van der Waals surface area contributed by atoms with Gasteiger partial charge >= 0.3 is 0 Å². The summed E-state index contributed by atoms with van der Waals surface area (Å²) >= 11 is 10.3. The molecule has 10 heteroatoms. The zero-order chi connectivity index (χ0) is 16.8. The van der Waals surface area contributed by atoms with Crippen molar-refractivity contribution in [2.24, 2.45) is 5.73 Å². The summed E-state index contributed by atoms with van der Waals surface area (Å²) in [5.74, 6) is 1.49. The summed E-state index contributed by atoms with van der Waals surface area (Å²) in [6.45, 7) is 0. The quantitative estimate of drug-likeness (QED) is 0.190. The fourth-order valence-corrected chi connectivity index (χ4v) is 3.05. The Morgan fingerprint density at radius 2 is 1.88 bits per heavy atom. The molecule has 3 heterocycles. The second-order valence-corrected chi connectivity index (χ2v) is 6.14. The number of hydrogen-bond donors (Lipinski definition) is 6. The van der Waals surface area contributed by atoms with Gasteiger partial charge in [0.15, 0.2) is 10.4 Å². The standard InChI is InChI=1S/C14H12N8S2/c15-11(16)5-1-2-6-7(3-5)18-8(17-6)4-9-19-10-12(20-9)21-14(24)22-13(10)23/h1-3H,4H2,(H3,15,16)(H,17,18)(H3,19,20,21,22,23,24). The average Bonchev–Trinajstić information content (AvgIpc) is 3.09. The molecular weight excluding hydrogens is 344 g/mol. The van der Waals surface area contributed by atoms with Crippen LogP contribution in [0.25, 0.3) is 22.2 Å². The monoisotopic (exact) mass is 356 g/mol. The van der Waals surface area contributed by atoms with Crippen LogP contribution in [-0.2, 0) is 6.42 Å². The van der Waals surface area contributed by atoms with E-state index >= 15 is 0 Å². The second-order valence-electron chi connectivity index (χ2n) is 5.32. The molecule has 0 saturated carbocycles. The number of aromatic amines is 4. The molecule has 0 aliphatic heterocycles. The number of amidine groups is 1. The highest BCUT2D eigenvalue weighted by atomic mass is 32.1. The van der Waals surface area contributed by atoms with Gasteiger partial charge in [0.2, 0.25) is 0 Å². The summed E-state index contributed by atoms with van der Waals surface area (Å²) in [5.41, 5.74) is 9.13. The van der Waals surface area contributed by atoms with E-state index in [0.717, 1.165) is 16.9 Å². The molecular formula is C14H12N8S2. The highest BCUT2D eigenvalue weighted by Gasteiger charge is 2.10. The van der Waals surface area contributed by atoms with Gasteiger partial charge in [-0.2, -0.15) is 0 Å². The molecule has 4 rings (SSSR count). The average molecular weight is 356 g/mol. The van der Waals surface area contributed by atoms with E-state index in [1.54, 1.807) is 12.1 Å². The van der Waals surface area contributed by atoms with E-state index in [2.05, 4.69) is 29.9 Å². The van der Waals surface area contributed by atoms with Crippen molar-refractivity contribution in [1.29, 1.82) is 5.41 Å². The van der Waals surface area contributed by atoms with Gasteiger partial charge in [-0.15, -0.1) is 0 Å². The van der Waals surface area contributed by atoms with Crippen LogP contribution >= 0.6 is 24.4 Å². The predicted octanol–water partition coefficient (Wildman–Crippen LogP) is 2.43. The topological polar surface area (TPSA) is 139 Å². The number of hydrogen-bond acceptors (Lipinski definition) is 5. The number of fused-ring (bicyclic) bond motifs is 2. The second kappa shape index (κ2) is 5.35. The molecule has 120 valence electrons. The molecule has 0 fully saturated rings. The third-order valence-corrected chi connectivity index (χ3v) is 4.13. The van der Waals surface area contributed by atoms with Crippen molar-refractivity contribution < 1.29 is 0 Å². The number of nitrogens with zero attached hydrogens (tertiary/aromatic N) is 2. The highest BCUT2D eigenvalue weighted by Crippen LogP contribution is 2.16. The lowest BCUT2D eigenvalue weighted by Gasteiger charge is -1.96. The Morgan fingerprint density at radius 1 is 1.08 bits per heavy atom. The molecule has 0 saturated heterocycles. The molecule has 3 aromatic heterocycles. The number of aromatic nitrogens is 6. The van der Waals surface area contributed by atoms with Gasteiger partial charge in [-0.25, -0.2) is 9.97 Å². The number of nitrogen functional groups attached to an aromatic ring is 1. The van der Waals surface area contributed by atoms with E-state index in [1.807, 2.05) is 6.07 Å². The zero-order valence-electron chi connectivity index (χ0n) is 12.2. The minimum absolute atomic E-state index is 0.0230. The molecule has 24 heavy (non-hydrogen) atoms. The van der Waals surface area contributed by atoms with Gasteiger partial charge in [-0.3, -0.25) is 5.41 Å². The number of rotatable bonds is 3. The Labute approximate surface area is 145 Å². The van der Waals surface area contributed by atoms with Crippen LogP contribution in [0, 0.1) is 14.8 Å². The first kappa shape index (κ1) is 14.7. The smallest absolute Gasteiger partial charge is 0.177 e. The first-order valence-corrected chi connectivity index (χ1v) is 7.85. The molecule has 4 aromatic rings. The molecule has 1 aromatic carbocycles. The fraction of sp³-hybridized carbons (Fsp3) is 0.0714. The summed E-state index contributed by atoms with van der Waals surface area (Å²) < 4.78 is 0.953. The van der Waals surface area contributed by atoms with Crippen molar-refractivity contribution in [1.82, 2.24) is 29.9 Å². The number of H-pyrrole nitrogens is 4. The van der Waals surface area contributed by atoms with Crippen molar-refractivity contribution >= 4 is 52.5 Å². The molecule has 0 unspecified atom stereocenters. The Kier molecular flexibility index (Phi) is 3.28. The molecule has 0 spiro atoms. The maximum atomic E-state index is 7.50. The fourth-order valence-electron chi connectivity index (χ4n) is 2.54. The van der Waals surface area contributed by atoms with Gasteiger partial charge in [0, 0.05) is 5.56 Å². The number of imidazole rings is 2. The van der Waals surface area contributed by atoms with E-state index in [4.69, 9.17) is 35.6 Å². The zero-order valence-corrected chi connectivity index (χ0v) is 13.9. The summed E-state index contributed by atoms with van der Waals surface area (Å²) in [4.78, 5) is 21.2. The maximum absolute atomic E-state index is 7.50. The Hall–Kier alpha value is -2.85. The molecule has 0 radical (unpaired) electrons.